The molecule has 0 bridgehead atoms. The maximum Gasteiger partial charge on any atom is 0.151 e. The molecule has 0 aliphatic heterocycles. The van der Waals surface area contributed by atoms with Gasteiger partial charge in [0.25, 0.3) is 0 Å². The fraction of sp³-hybridized carbons (Fsp3) is 0.333. The standard InChI is InChI=1S/C15H16O2/c1-10-5-3-7-12(10)14(16)9-15(17)13-8-4-6-11(13)2/h3-8,12-13H,9H2,1-2H3. The highest BCUT2D eigenvalue weighted by Crippen LogP contribution is 2.25. The average Bonchev–Trinajstić information content (AvgIpc) is 2.86. The number of ketones is 2. The lowest BCUT2D eigenvalue weighted by Gasteiger charge is -2.12. The summed E-state index contributed by atoms with van der Waals surface area (Å²) in [5.41, 5.74) is 2.05. The number of allylic oxidation sites excluding steroid dienone is 8. The van der Waals surface area contributed by atoms with Gasteiger partial charge >= 0.3 is 0 Å². The first-order chi connectivity index (χ1) is 8.09. The Labute approximate surface area is 101 Å². The minimum atomic E-state index is -0.186. The minimum Gasteiger partial charge on any atom is -0.298 e. The van der Waals surface area contributed by atoms with Crippen LogP contribution in [0.3, 0.4) is 0 Å². The van der Waals surface area contributed by atoms with E-state index in [4.69, 9.17) is 0 Å². The quantitative estimate of drug-likeness (QED) is 0.693. The second kappa shape index (κ2) is 4.66. The summed E-state index contributed by atoms with van der Waals surface area (Å²) in [5, 5.41) is 0. The van der Waals surface area contributed by atoms with E-state index < -0.39 is 0 Å². The summed E-state index contributed by atoms with van der Waals surface area (Å²) in [6.45, 7) is 3.85. The summed E-state index contributed by atoms with van der Waals surface area (Å²) < 4.78 is 0. The molecule has 0 heterocycles. The molecule has 2 aliphatic rings. The molecule has 0 radical (unpaired) electrons. The van der Waals surface area contributed by atoms with Gasteiger partial charge in [-0.05, 0) is 13.8 Å². The van der Waals surface area contributed by atoms with Gasteiger partial charge in [-0.25, -0.2) is 0 Å². The Morgan fingerprint density at radius 3 is 1.65 bits per heavy atom. The monoisotopic (exact) mass is 228 g/mol. The van der Waals surface area contributed by atoms with Crippen LogP contribution in [0.25, 0.3) is 0 Å². The van der Waals surface area contributed by atoms with Crippen LogP contribution in [0.1, 0.15) is 20.3 Å². The number of carbonyl (C=O) groups is 2. The van der Waals surface area contributed by atoms with Crippen molar-refractivity contribution in [2.45, 2.75) is 20.3 Å². The van der Waals surface area contributed by atoms with Crippen molar-refractivity contribution in [2.24, 2.45) is 11.8 Å². The van der Waals surface area contributed by atoms with E-state index in [1.54, 1.807) is 0 Å². The zero-order chi connectivity index (χ0) is 12.4. The number of hydrogen-bond acceptors (Lipinski definition) is 2. The van der Waals surface area contributed by atoms with E-state index in [2.05, 4.69) is 0 Å². The summed E-state index contributed by atoms with van der Waals surface area (Å²) in [4.78, 5) is 23.9. The van der Waals surface area contributed by atoms with Gasteiger partial charge in [0.15, 0.2) is 11.6 Å². The van der Waals surface area contributed by atoms with Crippen molar-refractivity contribution in [1.29, 1.82) is 0 Å². The predicted molar refractivity (Wildman–Crippen MR) is 67.4 cm³/mol. The Hall–Kier alpha value is -1.70. The van der Waals surface area contributed by atoms with Gasteiger partial charge in [-0.2, -0.15) is 0 Å². The molecule has 0 aromatic heterocycles. The van der Waals surface area contributed by atoms with Gasteiger partial charge in [-0.1, -0.05) is 47.6 Å². The third-order valence-corrected chi connectivity index (χ3v) is 3.35. The average molecular weight is 228 g/mol. The molecule has 0 spiro atoms. The maximum absolute atomic E-state index is 12.0. The molecule has 0 saturated heterocycles. The van der Waals surface area contributed by atoms with Crippen molar-refractivity contribution in [1.82, 2.24) is 0 Å². The molecule has 2 rings (SSSR count). The van der Waals surface area contributed by atoms with Crippen LogP contribution in [0, 0.1) is 11.8 Å². The molecule has 2 unspecified atom stereocenters. The first-order valence-electron chi connectivity index (χ1n) is 5.85. The number of rotatable bonds is 4. The van der Waals surface area contributed by atoms with E-state index >= 15 is 0 Å². The van der Waals surface area contributed by atoms with Gasteiger partial charge < -0.3 is 0 Å². The molecule has 2 nitrogen and oxygen atoms in total. The topological polar surface area (TPSA) is 34.1 Å². The summed E-state index contributed by atoms with van der Waals surface area (Å²) in [7, 11) is 0. The highest BCUT2D eigenvalue weighted by atomic mass is 16.1. The number of carbonyl (C=O) groups excluding carboxylic acids is 2. The van der Waals surface area contributed by atoms with Crippen LogP contribution in [0.4, 0.5) is 0 Å². The van der Waals surface area contributed by atoms with Crippen molar-refractivity contribution < 1.29 is 9.59 Å². The van der Waals surface area contributed by atoms with Gasteiger partial charge in [0.2, 0.25) is 0 Å². The highest BCUT2D eigenvalue weighted by molar-refractivity contribution is 6.04. The molecule has 0 aromatic rings. The molecule has 0 N–H and O–H groups in total. The molecule has 2 atom stereocenters. The van der Waals surface area contributed by atoms with E-state index in [9.17, 15) is 9.59 Å². The zero-order valence-corrected chi connectivity index (χ0v) is 10.1. The molecule has 2 aliphatic carbocycles. The zero-order valence-electron chi connectivity index (χ0n) is 10.1. The number of Topliss-reactive ketones (excluding diaryl/α,β-unsaturated/α-hetero) is 2. The molecular weight excluding hydrogens is 212 g/mol. The van der Waals surface area contributed by atoms with Crippen LogP contribution in [-0.4, -0.2) is 11.6 Å². The molecule has 17 heavy (non-hydrogen) atoms. The molecule has 0 fully saturated rings. The van der Waals surface area contributed by atoms with Gasteiger partial charge in [0.1, 0.15) is 0 Å². The van der Waals surface area contributed by atoms with E-state index in [-0.39, 0.29) is 29.8 Å². The Bertz CT molecular complexity index is 431. The fourth-order valence-corrected chi connectivity index (χ4v) is 2.26. The normalized spacial score (nSPS) is 26.0. The molecular formula is C15H16O2. The first-order valence-corrected chi connectivity index (χ1v) is 5.85. The lowest BCUT2D eigenvalue weighted by molar-refractivity contribution is -0.128. The van der Waals surface area contributed by atoms with E-state index in [1.165, 1.54) is 0 Å². The second-order valence-corrected chi connectivity index (χ2v) is 4.66. The summed E-state index contributed by atoms with van der Waals surface area (Å²) in [5.74, 6) is -0.363. The first kappa shape index (κ1) is 11.8. The lowest BCUT2D eigenvalue weighted by Crippen LogP contribution is -2.21. The van der Waals surface area contributed by atoms with Gasteiger partial charge in [0, 0.05) is 0 Å². The Morgan fingerprint density at radius 2 is 1.35 bits per heavy atom. The van der Waals surface area contributed by atoms with E-state index in [0.29, 0.717) is 0 Å². The van der Waals surface area contributed by atoms with Crippen molar-refractivity contribution in [3.63, 3.8) is 0 Å². The lowest BCUT2D eigenvalue weighted by atomic mass is 9.90. The summed E-state index contributed by atoms with van der Waals surface area (Å²) >= 11 is 0. The summed E-state index contributed by atoms with van der Waals surface area (Å²) in [6.07, 6.45) is 11.4. The largest absolute Gasteiger partial charge is 0.298 e. The van der Waals surface area contributed by atoms with Gasteiger partial charge in [0.05, 0.1) is 18.3 Å². The van der Waals surface area contributed by atoms with Crippen molar-refractivity contribution in [3.05, 3.63) is 47.6 Å². The Balaban J connectivity index is 1.98. The fourth-order valence-electron chi connectivity index (χ4n) is 2.26. The van der Waals surface area contributed by atoms with Gasteiger partial charge in [-0.3, -0.25) is 9.59 Å². The SMILES string of the molecule is CC1=CC=CC1C(=O)CC(=O)C1C=CC=C1C. The van der Waals surface area contributed by atoms with Crippen molar-refractivity contribution in [2.75, 3.05) is 0 Å². The molecule has 0 amide bonds. The molecule has 2 heteroatoms. The van der Waals surface area contributed by atoms with Crippen LogP contribution in [0.2, 0.25) is 0 Å². The van der Waals surface area contributed by atoms with E-state index in [0.717, 1.165) is 11.1 Å². The van der Waals surface area contributed by atoms with Crippen LogP contribution in [0.5, 0.6) is 0 Å². The highest BCUT2D eigenvalue weighted by Gasteiger charge is 2.26. The van der Waals surface area contributed by atoms with Crippen LogP contribution in [0.15, 0.2) is 47.6 Å². The van der Waals surface area contributed by atoms with Crippen molar-refractivity contribution in [3.8, 4) is 0 Å². The van der Waals surface area contributed by atoms with E-state index in [1.807, 2.05) is 50.3 Å². The third-order valence-electron chi connectivity index (χ3n) is 3.35. The van der Waals surface area contributed by atoms with Crippen LogP contribution >= 0.6 is 0 Å². The van der Waals surface area contributed by atoms with Gasteiger partial charge in [-0.15, -0.1) is 0 Å². The molecule has 0 aromatic carbocycles. The molecule has 0 saturated carbocycles. The van der Waals surface area contributed by atoms with Crippen LogP contribution in [-0.2, 0) is 9.59 Å². The summed E-state index contributed by atoms with van der Waals surface area (Å²) in [6, 6.07) is 0. The molecule has 88 valence electrons. The number of hydrogen-bond donors (Lipinski definition) is 0. The maximum atomic E-state index is 12.0. The van der Waals surface area contributed by atoms with Crippen molar-refractivity contribution >= 4 is 11.6 Å². The smallest absolute Gasteiger partial charge is 0.151 e. The second-order valence-electron chi connectivity index (χ2n) is 4.66. The Morgan fingerprint density at radius 1 is 0.941 bits per heavy atom. The predicted octanol–water partition coefficient (Wildman–Crippen LogP) is 2.78. The van der Waals surface area contributed by atoms with Crippen LogP contribution < -0.4 is 0 Å². The Kier molecular flexibility index (Phi) is 3.23. The minimum absolute atomic E-state index is 0.00519. The third kappa shape index (κ3) is 2.36.